The van der Waals surface area contributed by atoms with E-state index in [4.69, 9.17) is 5.73 Å². The molecule has 19 heteroatoms. The summed E-state index contributed by atoms with van der Waals surface area (Å²) in [4.78, 5) is 105. The molecule has 2 aromatic carbocycles. The smallest absolute Gasteiger partial charge is 0.325 e. The second-order valence-electron chi connectivity index (χ2n) is 13.7. The fourth-order valence-electron chi connectivity index (χ4n) is 5.77. The number of aromatic nitrogens is 1. The third-order valence-electron chi connectivity index (χ3n) is 9.27. The molecule has 3 aromatic rings. The standard InChI is InChI=1S/C38H49N7O12/c1-4-19(2)32(45-33(51)25(39)16-22-18-40-26-8-6-5-7-24(22)26)37(55)44-29(17-31(49)50)36(54)43-28(15-21-9-11-23(46)12-10-21)35(53)42-27(13-14-30(47)48)34(52)41-20(3)38(56)57/h5-12,18-20,25,27-29,32,40,46H,4,13-17,39H2,1-3H3,(H,41,52)(H,42,53)(H,43,54)(H,44,55)(H,45,51)(H,47,48)(H,49,50)(H,56,57)/t19-,20-,25-,27-,28-,29-,32-/m0/s1. The van der Waals surface area contributed by atoms with E-state index in [-0.39, 0.29) is 18.6 Å². The summed E-state index contributed by atoms with van der Waals surface area (Å²) < 4.78 is 0. The number of carbonyl (C=O) groups is 8. The van der Waals surface area contributed by atoms with Gasteiger partial charge in [-0.3, -0.25) is 38.4 Å². The van der Waals surface area contributed by atoms with Gasteiger partial charge in [0.2, 0.25) is 29.5 Å². The number of aliphatic carboxylic acids is 3. The molecule has 0 aliphatic rings. The van der Waals surface area contributed by atoms with Gasteiger partial charge in [0, 0.05) is 29.9 Å². The van der Waals surface area contributed by atoms with Gasteiger partial charge in [0.15, 0.2) is 0 Å². The lowest BCUT2D eigenvalue weighted by Gasteiger charge is -2.28. The number of hydrogen-bond acceptors (Lipinski definition) is 10. The summed E-state index contributed by atoms with van der Waals surface area (Å²) in [7, 11) is 0. The van der Waals surface area contributed by atoms with Crippen LogP contribution in [0.1, 0.15) is 57.6 Å². The summed E-state index contributed by atoms with van der Waals surface area (Å²) in [5.74, 6) is -9.65. The Kier molecular flexibility index (Phi) is 16.5. The molecule has 57 heavy (non-hydrogen) atoms. The maximum Gasteiger partial charge on any atom is 0.325 e. The Morgan fingerprint density at radius 3 is 1.91 bits per heavy atom. The summed E-state index contributed by atoms with van der Waals surface area (Å²) in [5.41, 5.74) is 8.24. The maximum absolute atomic E-state index is 13.8. The molecule has 0 aliphatic carbocycles. The highest BCUT2D eigenvalue weighted by Crippen LogP contribution is 2.19. The summed E-state index contributed by atoms with van der Waals surface area (Å²) >= 11 is 0. The number of hydrogen-bond donors (Lipinski definition) is 11. The average molecular weight is 796 g/mol. The van der Waals surface area contributed by atoms with Crippen LogP contribution in [0.4, 0.5) is 0 Å². The number of benzene rings is 2. The molecule has 1 aromatic heterocycles. The van der Waals surface area contributed by atoms with Gasteiger partial charge in [-0.1, -0.05) is 50.6 Å². The van der Waals surface area contributed by atoms with Crippen molar-refractivity contribution in [3.05, 3.63) is 65.9 Å². The molecule has 0 unspecified atom stereocenters. The van der Waals surface area contributed by atoms with Crippen LogP contribution in [0.25, 0.3) is 10.9 Å². The van der Waals surface area contributed by atoms with Crippen molar-refractivity contribution in [1.29, 1.82) is 0 Å². The number of fused-ring (bicyclic) bond motifs is 1. The number of phenolic OH excluding ortho intramolecular Hbond substituents is 1. The zero-order valence-electron chi connectivity index (χ0n) is 31.6. The molecule has 0 saturated carbocycles. The molecule has 5 amide bonds. The van der Waals surface area contributed by atoms with Crippen LogP contribution in [-0.2, 0) is 51.2 Å². The van der Waals surface area contributed by atoms with Gasteiger partial charge in [-0.05, 0) is 55.0 Å². The van der Waals surface area contributed by atoms with Crippen LogP contribution in [0.3, 0.4) is 0 Å². The fourth-order valence-corrected chi connectivity index (χ4v) is 5.77. The van der Waals surface area contributed by atoms with Crippen molar-refractivity contribution in [3.8, 4) is 5.75 Å². The minimum atomic E-state index is -1.80. The Hall–Kier alpha value is -6.50. The molecule has 19 nitrogen and oxygen atoms in total. The van der Waals surface area contributed by atoms with Crippen LogP contribution in [0.2, 0.25) is 0 Å². The van der Waals surface area contributed by atoms with Crippen molar-refractivity contribution in [2.24, 2.45) is 11.7 Å². The highest BCUT2D eigenvalue weighted by Gasteiger charge is 2.35. The first-order valence-corrected chi connectivity index (χ1v) is 18.2. The number of aromatic amines is 1. The molecule has 308 valence electrons. The zero-order chi connectivity index (χ0) is 42.4. The van der Waals surface area contributed by atoms with Crippen molar-refractivity contribution >= 4 is 58.3 Å². The normalized spacial score (nSPS) is 14.7. The van der Waals surface area contributed by atoms with Crippen LogP contribution in [-0.4, -0.2) is 109 Å². The van der Waals surface area contributed by atoms with Crippen LogP contribution in [0, 0.1) is 5.92 Å². The minimum absolute atomic E-state index is 0.118. The Labute approximate surface area is 327 Å². The van der Waals surface area contributed by atoms with Gasteiger partial charge in [-0.2, -0.15) is 0 Å². The van der Waals surface area contributed by atoms with Gasteiger partial charge < -0.3 is 57.7 Å². The van der Waals surface area contributed by atoms with E-state index in [0.717, 1.165) is 23.4 Å². The van der Waals surface area contributed by atoms with E-state index in [9.17, 15) is 58.8 Å². The molecule has 12 N–H and O–H groups in total. The molecule has 1 heterocycles. The Morgan fingerprint density at radius 1 is 0.702 bits per heavy atom. The maximum atomic E-state index is 13.8. The molecular formula is C38H49N7O12. The van der Waals surface area contributed by atoms with Crippen LogP contribution in [0.15, 0.2) is 54.7 Å². The van der Waals surface area contributed by atoms with Gasteiger partial charge >= 0.3 is 17.9 Å². The molecule has 0 fully saturated rings. The van der Waals surface area contributed by atoms with Crippen LogP contribution in [0.5, 0.6) is 5.75 Å². The Balaban J connectivity index is 1.84. The third-order valence-corrected chi connectivity index (χ3v) is 9.27. The number of para-hydroxylation sites is 1. The van der Waals surface area contributed by atoms with E-state index in [0.29, 0.717) is 12.0 Å². The number of nitrogens with one attached hydrogen (secondary N) is 6. The van der Waals surface area contributed by atoms with Gasteiger partial charge in [0.25, 0.3) is 0 Å². The second-order valence-corrected chi connectivity index (χ2v) is 13.7. The van der Waals surface area contributed by atoms with E-state index >= 15 is 0 Å². The lowest BCUT2D eigenvalue weighted by atomic mass is 9.96. The monoisotopic (exact) mass is 795 g/mol. The number of aromatic hydroxyl groups is 1. The lowest BCUT2D eigenvalue weighted by molar-refractivity contribution is -0.142. The molecule has 7 atom stereocenters. The zero-order valence-corrected chi connectivity index (χ0v) is 31.6. The fraction of sp³-hybridized carbons (Fsp3) is 0.421. The van der Waals surface area contributed by atoms with Crippen molar-refractivity contribution in [3.63, 3.8) is 0 Å². The molecule has 0 aliphatic heterocycles. The highest BCUT2D eigenvalue weighted by atomic mass is 16.4. The summed E-state index contributed by atoms with van der Waals surface area (Å²) in [6.07, 6.45) is -0.104. The minimum Gasteiger partial charge on any atom is -0.508 e. The van der Waals surface area contributed by atoms with Gasteiger partial charge in [-0.15, -0.1) is 0 Å². The van der Waals surface area contributed by atoms with Gasteiger partial charge in [-0.25, -0.2) is 0 Å². The topological polar surface area (TPSA) is 319 Å². The predicted molar refractivity (Wildman–Crippen MR) is 203 cm³/mol. The lowest BCUT2D eigenvalue weighted by Crippen LogP contribution is -2.60. The van der Waals surface area contributed by atoms with E-state index in [2.05, 4.69) is 31.6 Å². The van der Waals surface area contributed by atoms with Crippen LogP contribution < -0.4 is 32.3 Å². The van der Waals surface area contributed by atoms with E-state index in [1.54, 1.807) is 20.0 Å². The van der Waals surface area contributed by atoms with E-state index in [1.165, 1.54) is 24.3 Å². The van der Waals surface area contributed by atoms with Gasteiger partial charge in [0.1, 0.15) is 36.0 Å². The number of H-pyrrole nitrogens is 1. The number of phenols is 1. The number of carboxylic acid groups (broad SMARTS) is 3. The summed E-state index contributed by atoms with van der Waals surface area (Å²) in [6, 6.07) is 4.13. The number of rotatable bonds is 22. The quantitative estimate of drug-likeness (QED) is 0.0634. The number of nitrogens with two attached hydrogens (primary N) is 1. The Morgan fingerprint density at radius 2 is 1.30 bits per heavy atom. The molecule has 3 rings (SSSR count). The largest absolute Gasteiger partial charge is 0.508 e. The van der Waals surface area contributed by atoms with Crippen molar-refractivity contribution in [1.82, 2.24) is 31.6 Å². The second kappa shape index (κ2) is 21.0. The summed E-state index contributed by atoms with van der Waals surface area (Å²) in [5, 5.41) is 50.6. The predicted octanol–water partition coefficient (Wildman–Crippen LogP) is -0.0999. The van der Waals surface area contributed by atoms with E-state index < -0.39 is 109 Å². The average Bonchev–Trinajstić information content (AvgIpc) is 3.57. The van der Waals surface area contributed by atoms with Crippen molar-refractivity contribution in [2.75, 3.05) is 0 Å². The molecule has 0 spiro atoms. The van der Waals surface area contributed by atoms with Crippen LogP contribution >= 0.6 is 0 Å². The molecule has 0 radical (unpaired) electrons. The number of carbonyl (C=O) groups excluding carboxylic acids is 5. The first-order chi connectivity index (χ1) is 26.9. The third kappa shape index (κ3) is 13.6. The number of amides is 5. The highest BCUT2D eigenvalue weighted by molar-refractivity contribution is 5.98. The van der Waals surface area contributed by atoms with Gasteiger partial charge in [0.05, 0.1) is 12.5 Å². The van der Waals surface area contributed by atoms with Crippen molar-refractivity contribution in [2.45, 2.75) is 95.5 Å². The molecule has 0 saturated heterocycles. The van der Waals surface area contributed by atoms with Crippen molar-refractivity contribution < 1.29 is 58.8 Å². The summed E-state index contributed by atoms with van der Waals surface area (Å²) in [6.45, 7) is 4.56. The SMILES string of the molecule is CC[C@H](C)[C@H](NC(=O)[C@@H](N)Cc1c[nH]c2ccccc12)C(=O)N[C@@H](CC(=O)O)C(=O)N[C@@H](Cc1ccc(O)cc1)C(=O)N[C@@H](CCC(=O)O)C(=O)N[C@@H](C)C(=O)O. The first-order valence-electron chi connectivity index (χ1n) is 18.2. The molecular weight excluding hydrogens is 746 g/mol. The Bertz CT molecular complexity index is 1930. The van der Waals surface area contributed by atoms with E-state index in [1.807, 2.05) is 24.3 Å². The number of carboxylic acids is 3. The first kappa shape index (κ1) is 44.9. The molecule has 0 bridgehead atoms.